The minimum Gasteiger partial charge on any atom is -0.245 e. The van der Waals surface area contributed by atoms with Gasteiger partial charge in [0.15, 0.2) is 0 Å². The fraction of sp³-hybridized carbons (Fsp3) is 0.435. The lowest BCUT2D eigenvalue weighted by atomic mass is 9.72. The second kappa shape index (κ2) is 8.63. The maximum absolute atomic E-state index is 8.96. The first kappa shape index (κ1) is 18.2. The molecule has 3 nitrogen and oxygen atoms in total. The topological polar surface area (TPSA) is 60.5 Å². The molecule has 1 aliphatic rings. The molecule has 0 aliphatic heterocycles. The standard InChI is InChI=1S/C23H25N3/c1-17(21-10-7-19(14-24)8-11-21)22-4-2-3-18(13-22)5-6-20-9-12-23(15-25)26-16-20/h7-12,16-18,22H,2-6,13H2,1H3/t17?,18-,22+/m1/s1. The van der Waals surface area contributed by atoms with Gasteiger partial charge in [0.05, 0.1) is 11.6 Å². The lowest BCUT2D eigenvalue weighted by molar-refractivity contribution is 0.230. The van der Waals surface area contributed by atoms with Crippen molar-refractivity contribution in [3.8, 4) is 12.1 Å². The molecular weight excluding hydrogens is 318 g/mol. The van der Waals surface area contributed by atoms with Crippen LogP contribution in [0.3, 0.4) is 0 Å². The van der Waals surface area contributed by atoms with E-state index in [1.807, 2.05) is 30.5 Å². The third kappa shape index (κ3) is 4.50. The van der Waals surface area contributed by atoms with Crippen molar-refractivity contribution in [3.63, 3.8) is 0 Å². The molecule has 3 heteroatoms. The van der Waals surface area contributed by atoms with Gasteiger partial charge in [-0.15, -0.1) is 0 Å². The lowest BCUT2D eigenvalue weighted by Gasteiger charge is -2.33. The van der Waals surface area contributed by atoms with Crippen molar-refractivity contribution in [2.45, 2.75) is 51.4 Å². The zero-order chi connectivity index (χ0) is 18.4. The quantitative estimate of drug-likeness (QED) is 0.733. The SMILES string of the molecule is CC(c1ccc(C#N)cc1)[C@H]1CCC[C@H](CCc2ccc(C#N)nc2)C1. The summed E-state index contributed by atoms with van der Waals surface area (Å²) in [5, 5.41) is 17.8. The van der Waals surface area contributed by atoms with Crippen molar-refractivity contribution in [1.82, 2.24) is 4.98 Å². The van der Waals surface area contributed by atoms with E-state index in [0.29, 0.717) is 11.6 Å². The molecule has 1 aliphatic carbocycles. The molecule has 1 aromatic carbocycles. The summed E-state index contributed by atoms with van der Waals surface area (Å²) in [5.74, 6) is 2.04. The van der Waals surface area contributed by atoms with E-state index in [1.54, 1.807) is 0 Å². The van der Waals surface area contributed by atoms with Crippen LogP contribution in [0.5, 0.6) is 0 Å². The van der Waals surface area contributed by atoms with E-state index < -0.39 is 0 Å². The third-order valence-corrected chi connectivity index (χ3v) is 5.88. The summed E-state index contributed by atoms with van der Waals surface area (Å²) in [6.45, 7) is 2.33. The van der Waals surface area contributed by atoms with Crippen LogP contribution in [0.25, 0.3) is 0 Å². The molecule has 0 amide bonds. The fourth-order valence-electron chi connectivity index (χ4n) is 4.19. The predicted molar refractivity (Wildman–Crippen MR) is 102 cm³/mol. The average molecular weight is 343 g/mol. The molecular formula is C23H25N3. The van der Waals surface area contributed by atoms with Crippen molar-refractivity contribution < 1.29 is 0 Å². The number of benzene rings is 1. The van der Waals surface area contributed by atoms with E-state index in [2.05, 4.69) is 36.2 Å². The zero-order valence-electron chi connectivity index (χ0n) is 15.4. The summed E-state index contributed by atoms with van der Waals surface area (Å²) in [4.78, 5) is 4.17. The Hall–Kier alpha value is -2.65. The molecule has 1 heterocycles. The van der Waals surface area contributed by atoms with Gasteiger partial charge in [-0.1, -0.05) is 38.0 Å². The van der Waals surface area contributed by atoms with Gasteiger partial charge in [-0.05, 0) is 72.8 Å². The number of nitrogens with zero attached hydrogens (tertiary/aromatic N) is 3. The first-order valence-corrected chi connectivity index (χ1v) is 9.54. The lowest BCUT2D eigenvalue weighted by Crippen LogP contribution is -2.20. The highest BCUT2D eigenvalue weighted by Gasteiger charge is 2.26. The van der Waals surface area contributed by atoms with Crippen LogP contribution in [0.4, 0.5) is 0 Å². The third-order valence-electron chi connectivity index (χ3n) is 5.88. The van der Waals surface area contributed by atoms with Crippen LogP contribution in [-0.4, -0.2) is 4.98 Å². The Morgan fingerprint density at radius 1 is 1.08 bits per heavy atom. The zero-order valence-corrected chi connectivity index (χ0v) is 15.4. The molecule has 2 aromatic rings. The van der Waals surface area contributed by atoms with Gasteiger partial charge < -0.3 is 0 Å². The molecule has 26 heavy (non-hydrogen) atoms. The molecule has 132 valence electrons. The highest BCUT2D eigenvalue weighted by atomic mass is 14.7. The molecule has 0 bridgehead atoms. The van der Waals surface area contributed by atoms with Crippen LogP contribution in [-0.2, 0) is 6.42 Å². The van der Waals surface area contributed by atoms with Gasteiger partial charge in [0.2, 0.25) is 0 Å². The second-order valence-corrected chi connectivity index (χ2v) is 7.52. The summed E-state index contributed by atoms with van der Waals surface area (Å²) in [7, 11) is 0. The molecule has 3 rings (SSSR count). The normalized spacial score (nSPS) is 20.7. The summed E-state index contributed by atoms with van der Waals surface area (Å²) >= 11 is 0. The maximum Gasteiger partial charge on any atom is 0.140 e. The summed E-state index contributed by atoms with van der Waals surface area (Å²) in [6, 6.07) is 16.2. The molecule has 1 fully saturated rings. The summed E-state index contributed by atoms with van der Waals surface area (Å²) in [5.41, 5.74) is 3.80. The number of nitriles is 2. The van der Waals surface area contributed by atoms with Crippen molar-refractivity contribution in [3.05, 3.63) is 65.0 Å². The van der Waals surface area contributed by atoms with E-state index in [1.165, 1.54) is 43.2 Å². The Balaban J connectivity index is 1.56. The number of pyridine rings is 1. The smallest absolute Gasteiger partial charge is 0.140 e. The van der Waals surface area contributed by atoms with Crippen molar-refractivity contribution >= 4 is 0 Å². The highest BCUT2D eigenvalue weighted by molar-refractivity contribution is 5.33. The molecule has 1 aromatic heterocycles. The number of hydrogen-bond donors (Lipinski definition) is 0. The van der Waals surface area contributed by atoms with Gasteiger partial charge in [-0.25, -0.2) is 4.98 Å². The minimum atomic E-state index is 0.489. The van der Waals surface area contributed by atoms with E-state index >= 15 is 0 Å². The Kier molecular flexibility index (Phi) is 6.03. The molecule has 1 saturated carbocycles. The number of hydrogen-bond acceptors (Lipinski definition) is 3. The number of rotatable bonds is 5. The van der Waals surface area contributed by atoms with Crippen LogP contribution < -0.4 is 0 Å². The molecule has 3 atom stereocenters. The van der Waals surface area contributed by atoms with Gasteiger partial charge in [0, 0.05) is 6.20 Å². The fourth-order valence-corrected chi connectivity index (χ4v) is 4.19. The van der Waals surface area contributed by atoms with E-state index in [9.17, 15) is 0 Å². The van der Waals surface area contributed by atoms with Gasteiger partial charge >= 0.3 is 0 Å². The Morgan fingerprint density at radius 3 is 2.54 bits per heavy atom. The van der Waals surface area contributed by atoms with Crippen LogP contribution in [0.1, 0.15) is 67.3 Å². The van der Waals surface area contributed by atoms with Gasteiger partial charge in [0.1, 0.15) is 11.8 Å². The van der Waals surface area contributed by atoms with Crippen LogP contribution >= 0.6 is 0 Å². The minimum absolute atomic E-state index is 0.489. The first-order chi connectivity index (χ1) is 12.7. The molecule has 0 spiro atoms. The Bertz CT molecular complexity index is 793. The van der Waals surface area contributed by atoms with Crippen LogP contribution in [0, 0.1) is 34.5 Å². The number of aryl methyl sites for hydroxylation is 1. The van der Waals surface area contributed by atoms with Gasteiger partial charge in [0.25, 0.3) is 0 Å². The average Bonchev–Trinajstić information content (AvgIpc) is 2.72. The summed E-state index contributed by atoms with van der Waals surface area (Å²) in [6.07, 6.45) is 9.30. The van der Waals surface area contributed by atoms with Crippen molar-refractivity contribution in [1.29, 1.82) is 10.5 Å². The number of aromatic nitrogens is 1. The molecule has 1 unspecified atom stereocenters. The highest BCUT2D eigenvalue weighted by Crippen LogP contribution is 2.39. The predicted octanol–water partition coefficient (Wildman–Crippen LogP) is 5.37. The van der Waals surface area contributed by atoms with Crippen LogP contribution in [0.2, 0.25) is 0 Å². The van der Waals surface area contributed by atoms with Crippen molar-refractivity contribution in [2.75, 3.05) is 0 Å². The first-order valence-electron chi connectivity index (χ1n) is 9.54. The molecule has 0 N–H and O–H groups in total. The van der Waals surface area contributed by atoms with Crippen molar-refractivity contribution in [2.24, 2.45) is 11.8 Å². The van der Waals surface area contributed by atoms with Gasteiger partial charge in [-0.2, -0.15) is 10.5 Å². The van der Waals surface area contributed by atoms with E-state index in [-0.39, 0.29) is 0 Å². The largest absolute Gasteiger partial charge is 0.245 e. The van der Waals surface area contributed by atoms with Gasteiger partial charge in [-0.3, -0.25) is 0 Å². The summed E-state index contributed by atoms with van der Waals surface area (Å²) < 4.78 is 0. The van der Waals surface area contributed by atoms with E-state index in [0.717, 1.165) is 23.8 Å². The van der Waals surface area contributed by atoms with Crippen LogP contribution in [0.15, 0.2) is 42.6 Å². The Morgan fingerprint density at radius 2 is 1.88 bits per heavy atom. The Labute approximate surface area is 156 Å². The monoisotopic (exact) mass is 343 g/mol. The molecule has 0 saturated heterocycles. The maximum atomic E-state index is 8.96. The second-order valence-electron chi connectivity index (χ2n) is 7.52. The molecule has 0 radical (unpaired) electrons. The van der Waals surface area contributed by atoms with E-state index in [4.69, 9.17) is 10.5 Å².